The van der Waals surface area contributed by atoms with E-state index in [9.17, 15) is 14.0 Å². The van der Waals surface area contributed by atoms with Crippen LogP contribution in [0.3, 0.4) is 0 Å². The molecule has 1 saturated heterocycles. The molecule has 0 saturated carbocycles. The van der Waals surface area contributed by atoms with Gasteiger partial charge in [0, 0.05) is 43.3 Å². The molecule has 35 heavy (non-hydrogen) atoms. The maximum Gasteiger partial charge on any atom is 0.263 e. The Morgan fingerprint density at radius 2 is 1.83 bits per heavy atom. The summed E-state index contributed by atoms with van der Waals surface area (Å²) in [6.45, 7) is 3.54. The number of hydrogen-bond donors (Lipinski definition) is 0. The van der Waals surface area contributed by atoms with E-state index in [1.165, 1.54) is 34.4 Å². The Kier molecular flexibility index (Phi) is 6.61. The largest absolute Gasteiger partial charge is 0.378 e. The lowest BCUT2D eigenvalue weighted by Crippen LogP contribution is -2.36. The lowest BCUT2D eigenvalue weighted by Gasteiger charge is -2.29. The molecule has 1 aliphatic heterocycles. The van der Waals surface area contributed by atoms with Crippen molar-refractivity contribution < 1.29 is 13.9 Å². The predicted octanol–water partition coefficient (Wildman–Crippen LogP) is 3.76. The van der Waals surface area contributed by atoms with Gasteiger partial charge in [0.05, 0.1) is 24.9 Å². The monoisotopic (exact) mass is 492 g/mol. The number of thiophene rings is 1. The minimum atomic E-state index is -0.340. The second kappa shape index (κ2) is 9.97. The van der Waals surface area contributed by atoms with Crippen LogP contribution >= 0.6 is 11.3 Å². The van der Waals surface area contributed by atoms with E-state index in [1.54, 1.807) is 24.1 Å². The molecule has 0 N–H and O–H groups in total. The van der Waals surface area contributed by atoms with Gasteiger partial charge >= 0.3 is 0 Å². The van der Waals surface area contributed by atoms with Crippen LogP contribution in [-0.4, -0.2) is 53.7 Å². The molecule has 9 heteroatoms. The summed E-state index contributed by atoms with van der Waals surface area (Å²) in [5.41, 5.74) is 3.29. The third kappa shape index (κ3) is 4.96. The zero-order valence-electron chi connectivity index (χ0n) is 19.3. The van der Waals surface area contributed by atoms with Gasteiger partial charge in [-0.1, -0.05) is 24.3 Å². The van der Waals surface area contributed by atoms with Crippen LogP contribution in [0, 0.1) is 5.82 Å². The van der Waals surface area contributed by atoms with Gasteiger partial charge in [-0.05, 0) is 35.4 Å². The van der Waals surface area contributed by atoms with E-state index in [0.717, 1.165) is 43.1 Å². The number of morpholine rings is 1. The second-order valence-corrected chi connectivity index (χ2v) is 9.39. The number of carbonyl (C=O) groups excluding carboxylic acids is 1. The minimum Gasteiger partial charge on any atom is -0.378 e. The van der Waals surface area contributed by atoms with Crippen LogP contribution in [0.5, 0.6) is 0 Å². The van der Waals surface area contributed by atoms with Gasteiger partial charge in [0.2, 0.25) is 5.91 Å². The lowest BCUT2D eigenvalue weighted by molar-refractivity contribution is -0.131. The Labute approximate surface area is 206 Å². The molecule has 0 bridgehead atoms. The molecule has 0 aliphatic carbocycles. The summed E-state index contributed by atoms with van der Waals surface area (Å²) in [6, 6.07) is 14.2. The number of aromatic nitrogens is 2. The van der Waals surface area contributed by atoms with Crippen molar-refractivity contribution >= 4 is 33.1 Å². The smallest absolute Gasteiger partial charge is 0.263 e. The molecule has 180 valence electrons. The number of benzene rings is 2. The number of anilines is 1. The topological polar surface area (TPSA) is 67.7 Å². The van der Waals surface area contributed by atoms with Gasteiger partial charge in [-0.3, -0.25) is 14.2 Å². The molecule has 0 spiro atoms. The number of carbonyl (C=O) groups is 1. The van der Waals surface area contributed by atoms with Crippen molar-refractivity contribution in [2.75, 3.05) is 38.3 Å². The van der Waals surface area contributed by atoms with Crippen LogP contribution in [0.1, 0.15) is 5.56 Å². The standard InChI is InChI=1S/C26H25FN4O3S/c1-29(14-18-2-8-21(9-3-18)30-10-12-34-13-11-30)23(32)15-31-17-28-25-24(26(31)33)22(16-35-25)19-4-6-20(27)7-5-19/h2-9,16-17H,10-15H2,1H3. The summed E-state index contributed by atoms with van der Waals surface area (Å²) in [7, 11) is 1.73. The Bertz CT molecular complexity index is 1390. The third-order valence-electron chi connectivity index (χ3n) is 6.18. The molecule has 1 fully saturated rings. The maximum absolute atomic E-state index is 13.3. The lowest BCUT2D eigenvalue weighted by atomic mass is 10.1. The van der Waals surface area contributed by atoms with Crippen molar-refractivity contribution in [1.29, 1.82) is 0 Å². The highest BCUT2D eigenvalue weighted by molar-refractivity contribution is 7.17. The van der Waals surface area contributed by atoms with Gasteiger partial charge in [0.15, 0.2) is 0 Å². The first kappa shape index (κ1) is 23.2. The number of halogens is 1. The van der Waals surface area contributed by atoms with Gasteiger partial charge in [-0.15, -0.1) is 11.3 Å². The second-order valence-electron chi connectivity index (χ2n) is 8.53. The highest BCUT2D eigenvalue weighted by atomic mass is 32.1. The molecule has 3 heterocycles. The summed E-state index contributed by atoms with van der Waals surface area (Å²) in [5.74, 6) is -0.530. The van der Waals surface area contributed by atoms with Crippen molar-refractivity contribution in [1.82, 2.24) is 14.5 Å². The van der Waals surface area contributed by atoms with Gasteiger partial charge in [0.25, 0.3) is 5.56 Å². The Morgan fingerprint density at radius 1 is 1.11 bits per heavy atom. The van der Waals surface area contributed by atoms with Crippen LogP contribution < -0.4 is 10.5 Å². The molecule has 0 atom stereocenters. The number of hydrogen-bond acceptors (Lipinski definition) is 6. The zero-order valence-corrected chi connectivity index (χ0v) is 20.1. The fourth-order valence-corrected chi connectivity index (χ4v) is 5.09. The summed E-state index contributed by atoms with van der Waals surface area (Å²) in [6.07, 6.45) is 1.42. The average molecular weight is 493 g/mol. The highest BCUT2D eigenvalue weighted by Gasteiger charge is 2.17. The third-order valence-corrected chi connectivity index (χ3v) is 7.07. The van der Waals surface area contributed by atoms with Crippen molar-refractivity contribution in [2.24, 2.45) is 0 Å². The number of ether oxygens (including phenoxy) is 1. The quantitative estimate of drug-likeness (QED) is 0.410. The SMILES string of the molecule is CN(Cc1ccc(N2CCOCC2)cc1)C(=O)Cn1cnc2scc(-c3ccc(F)cc3)c2c1=O. The summed E-state index contributed by atoms with van der Waals surface area (Å²) >= 11 is 1.35. The van der Waals surface area contributed by atoms with Gasteiger partial charge in [0.1, 0.15) is 17.2 Å². The van der Waals surface area contributed by atoms with Crippen molar-refractivity contribution in [3.8, 4) is 11.1 Å². The predicted molar refractivity (Wildman–Crippen MR) is 135 cm³/mol. The van der Waals surface area contributed by atoms with Gasteiger partial charge in [-0.25, -0.2) is 9.37 Å². The van der Waals surface area contributed by atoms with E-state index < -0.39 is 0 Å². The fraction of sp³-hybridized carbons (Fsp3) is 0.269. The molecule has 1 amide bonds. The van der Waals surface area contributed by atoms with E-state index in [-0.39, 0.29) is 23.8 Å². The van der Waals surface area contributed by atoms with Crippen LogP contribution in [0.4, 0.5) is 10.1 Å². The van der Waals surface area contributed by atoms with E-state index in [1.807, 2.05) is 17.5 Å². The molecule has 4 aromatic rings. The molecule has 5 rings (SSSR count). The van der Waals surface area contributed by atoms with Crippen LogP contribution in [0.25, 0.3) is 21.3 Å². The number of fused-ring (bicyclic) bond motifs is 1. The molecule has 0 unspecified atom stereocenters. The summed E-state index contributed by atoms with van der Waals surface area (Å²) < 4.78 is 20.1. The minimum absolute atomic E-state index is 0.108. The molecule has 7 nitrogen and oxygen atoms in total. The van der Waals surface area contributed by atoms with Gasteiger partial charge in [-0.2, -0.15) is 0 Å². The van der Waals surface area contributed by atoms with Crippen LogP contribution in [-0.2, 0) is 22.6 Å². The number of rotatable bonds is 6. The fourth-order valence-electron chi connectivity index (χ4n) is 4.18. The maximum atomic E-state index is 13.3. The molecule has 0 radical (unpaired) electrons. The van der Waals surface area contributed by atoms with Crippen molar-refractivity contribution in [3.05, 3.63) is 82.0 Å². The first-order valence-electron chi connectivity index (χ1n) is 11.4. The van der Waals surface area contributed by atoms with Crippen LogP contribution in [0.15, 0.2) is 65.0 Å². The molecular weight excluding hydrogens is 467 g/mol. The number of nitrogens with zero attached hydrogens (tertiary/aromatic N) is 4. The van der Waals surface area contributed by atoms with Crippen molar-refractivity contribution in [3.63, 3.8) is 0 Å². The van der Waals surface area contributed by atoms with E-state index >= 15 is 0 Å². The molecule has 1 aliphatic rings. The zero-order chi connectivity index (χ0) is 24.4. The molecule has 2 aromatic heterocycles. The molecular formula is C26H25FN4O3S. The Balaban J connectivity index is 1.30. The number of likely N-dealkylation sites (N-methyl/N-ethyl adjacent to an activating group) is 1. The highest BCUT2D eigenvalue weighted by Crippen LogP contribution is 2.30. The summed E-state index contributed by atoms with van der Waals surface area (Å²) in [4.78, 5) is 35.0. The first-order valence-corrected chi connectivity index (χ1v) is 12.3. The normalized spacial score (nSPS) is 13.8. The van der Waals surface area contributed by atoms with E-state index in [4.69, 9.17) is 4.74 Å². The van der Waals surface area contributed by atoms with Crippen LogP contribution in [0.2, 0.25) is 0 Å². The summed E-state index contributed by atoms with van der Waals surface area (Å²) in [5, 5.41) is 2.28. The van der Waals surface area contributed by atoms with Gasteiger partial charge < -0.3 is 14.5 Å². The van der Waals surface area contributed by atoms with E-state index in [2.05, 4.69) is 22.0 Å². The number of amides is 1. The first-order chi connectivity index (χ1) is 17.0. The molecule has 2 aromatic carbocycles. The Morgan fingerprint density at radius 3 is 2.54 bits per heavy atom. The van der Waals surface area contributed by atoms with Crippen molar-refractivity contribution in [2.45, 2.75) is 13.1 Å². The van der Waals surface area contributed by atoms with E-state index in [0.29, 0.717) is 22.3 Å². The Hall–Kier alpha value is -3.56. The average Bonchev–Trinajstić information content (AvgIpc) is 3.32.